The largest absolute Gasteiger partial charge is 0.380 e. The van der Waals surface area contributed by atoms with Crippen molar-refractivity contribution in [3.8, 4) is 0 Å². The van der Waals surface area contributed by atoms with Crippen molar-refractivity contribution in [1.29, 1.82) is 0 Å². The Labute approximate surface area is 107 Å². The molecule has 4 heteroatoms. The van der Waals surface area contributed by atoms with Gasteiger partial charge in [-0.1, -0.05) is 18.2 Å². The van der Waals surface area contributed by atoms with Gasteiger partial charge in [0.2, 0.25) is 0 Å². The molecule has 0 aliphatic heterocycles. The van der Waals surface area contributed by atoms with E-state index in [1.54, 1.807) is 0 Å². The van der Waals surface area contributed by atoms with Crippen molar-refractivity contribution in [3.63, 3.8) is 0 Å². The molecule has 0 atom stereocenters. The molecular formula is C13H10BrF2N. The molecule has 0 fully saturated rings. The Morgan fingerprint density at radius 1 is 0.941 bits per heavy atom. The smallest absolute Gasteiger partial charge is 0.131 e. The summed E-state index contributed by atoms with van der Waals surface area (Å²) in [5.74, 6) is -1.07. The third-order valence-corrected chi connectivity index (χ3v) is 3.08. The molecule has 0 heterocycles. The second-order valence-electron chi connectivity index (χ2n) is 3.53. The maximum atomic E-state index is 13.4. The van der Waals surface area contributed by atoms with Crippen molar-refractivity contribution in [2.45, 2.75) is 6.54 Å². The Kier molecular flexibility index (Phi) is 3.74. The SMILES string of the molecule is Fc1cccc(F)c1CNc1ccccc1Br. The van der Waals surface area contributed by atoms with Gasteiger partial charge in [0, 0.05) is 22.3 Å². The van der Waals surface area contributed by atoms with E-state index in [2.05, 4.69) is 21.2 Å². The predicted octanol–water partition coefficient (Wildman–Crippen LogP) is 4.34. The number of anilines is 1. The highest BCUT2D eigenvalue weighted by Gasteiger charge is 2.08. The van der Waals surface area contributed by atoms with Crippen LogP contribution in [0, 0.1) is 11.6 Å². The van der Waals surface area contributed by atoms with E-state index in [1.165, 1.54) is 18.2 Å². The van der Waals surface area contributed by atoms with Gasteiger partial charge < -0.3 is 5.32 Å². The lowest BCUT2D eigenvalue weighted by Gasteiger charge is -2.09. The second-order valence-corrected chi connectivity index (χ2v) is 4.39. The van der Waals surface area contributed by atoms with Gasteiger partial charge in [-0.25, -0.2) is 8.78 Å². The topological polar surface area (TPSA) is 12.0 Å². The van der Waals surface area contributed by atoms with Gasteiger partial charge in [-0.05, 0) is 40.2 Å². The first-order valence-corrected chi connectivity index (χ1v) is 5.89. The van der Waals surface area contributed by atoms with Crippen LogP contribution in [0.1, 0.15) is 5.56 Å². The van der Waals surface area contributed by atoms with Gasteiger partial charge in [-0.15, -0.1) is 0 Å². The standard InChI is InChI=1S/C13H10BrF2N/c14-10-4-1-2-7-13(10)17-8-9-11(15)5-3-6-12(9)16/h1-7,17H,8H2. The van der Waals surface area contributed by atoms with Crippen LogP contribution >= 0.6 is 15.9 Å². The summed E-state index contributed by atoms with van der Waals surface area (Å²) in [7, 11) is 0. The maximum absolute atomic E-state index is 13.4. The second kappa shape index (κ2) is 5.27. The summed E-state index contributed by atoms with van der Waals surface area (Å²) in [5.41, 5.74) is 0.846. The van der Waals surface area contributed by atoms with E-state index in [0.29, 0.717) is 0 Å². The molecule has 0 aliphatic carbocycles. The Bertz CT molecular complexity index is 508. The molecular weight excluding hydrogens is 288 g/mol. The molecule has 1 nitrogen and oxygen atoms in total. The molecule has 0 unspecified atom stereocenters. The van der Waals surface area contributed by atoms with Crippen molar-refractivity contribution < 1.29 is 8.78 Å². The average Bonchev–Trinajstić information content (AvgIpc) is 2.30. The minimum absolute atomic E-state index is 0.0447. The van der Waals surface area contributed by atoms with E-state index >= 15 is 0 Å². The van der Waals surface area contributed by atoms with Crippen LogP contribution in [0.5, 0.6) is 0 Å². The van der Waals surface area contributed by atoms with Crippen LogP contribution in [-0.2, 0) is 6.54 Å². The van der Waals surface area contributed by atoms with Crippen molar-refractivity contribution in [3.05, 3.63) is 64.1 Å². The number of hydrogen-bond donors (Lipinski definition) is 1. The Morgan fingerprint density at radius 2 is 1.59 bits per heavy atom. The monoisotopic (exact) mass is 297 g/mol. The average molecular weight is 298 g/mol. The van der Waals surface area contributed by atoms with Crippen LogP contribution in [-0.4, -0.2) is 0 Å². The Balaban J connectivity index is 2.16. The van der Waals surface area contributed by atoms with Gasteiger partial charge in [0.1, 0.15) is 11.6 Å². The molecule has 0 aliphatic rings. The molecule has 0 aromatic heterocycles. The minimum Gasteiger partial charge on any atom is -0.380 e. The van der Waals surface area contributed by atoms with Gasteiger partial charge in [-0.2, -0.15) is 0 Å². The zero-order chi connectivity index (χ0) is 12.3. The fourth-order valence-electron chi connectivity index (χ4n) is 1.49. The number of benzene rings is 2. The summed E-state index contributed by atoms with van der Waals surface area (Å²) in [5, 5.41) is 2.98. The van der Waals surface area contributed by atoms with Gasteiger partial charge in [-0.3, -0.25) is 0 Å². The molecule has 2 rings (SSSR count). The lowest BCUT2D eigenvalue weighted by molar-refractivity contribution is 0.560. The summed E-state index contributed by atoms with van der Waals surface area (Å²) in [6.45, 7) is 0.112. The van der Waals surface area contributed by atoms with E-state index in [4.69, 9.17) is 0 Å². The van der Waals surface area contributed by atoms with E-state index in [9.17, 15) is 8.78 Å². The summed E-state index contributed by atoms with van der Waals surface area (Å²) < 4.78 is 27.6. The number of nitrogens with one attached hydrogen (secondary N) is 1. The zero-order valence-corrected chi connectivity index (χ0v) is 10.5. The van der Waals surface area contributed by atoms with Crippen molar-refractivity contribution >= 4 is 21.6 Å². The summed E-state index contributed by atoms with van der Waals surface area (Å²) >= 11 is 3.36. The summed E-state index contributed by atoms with van der Waals surface area (Å²) in [6.07, 6.45) is 0. The van der Waals surface area contributed by atoms with Crippen LogP contribution in [0.15, 0.2) is 46.9 Å². The lowest BCUT2D eigenvalue weighted by atomic mass is 10.2. The summed E-state index contributed by atoms with van der Waals surface area (Å²) in [6, 6.07) is 11.3. The molecule has 0 radical (unpaired) electrons. The fourth-order valence-corrected chi connectivity index (χ4v) is 1.91. The van der Waals surface area contributed by atoms with Gasteiger partial charge >= 0.3 is 0 Å². The van der Waals surface area contributed by atoms with Crippen molar-refractivity contribution in [2.75, 3.05) is 5.32 Å². The Morgan fingerprint density at radius 3 is 2.24 bits per heavy atom. The van der Waals surface area contributed by atoms with Gasteiger partial charge in [0.25, 0.3) is 0 Å². The van der Waals surface area contributed by atoms with Crippen LogP contribution in [0.3, 0.4) is 0 Å². The van der Waals surface area contributed by atoms with Crippen LogP contribution in [0.4, 0.5) is 14.5 Å². The van der Waals surface area contributed by atoms with E-state index < -0.39 is 11.6 Å². The van der Waals surface area contributed by atoms with E-state index in [1.807, 2.05) is 24.3 Å². The first kappa shape index (κ1) is 12.0. The number of para-hydroxylation sites is 1. The zero-order valence-electron chi connectivity index (χ0n) is 8.88. The van der Waals surface area contributed by atoms with Crippen LogP contribution in [0.2, 0.25) is 0 Å². The molecule has 1 N–H and O–H groups in total. The van der Waals surface area contributed by atoms with Crippen molar-refractivity contribution in [2.24, 2.45) is 0 Å². The molecule has 0 amide bonds. The molecule has 0 bridgehead atoms. The minimum atomic E-state index is -0.537. The highest BCUT2D eigenvalue weighted by Crippen LogP contribution is 2.22. The molecule has 2 aromatic carbocycles. The van der Waals surface area contributed by atoms with Gasteiger partial charge in [0.15, 0.2) is 0 Å². The third kappa shape index (κ3) is 2.82. The number of rotatable bonds is 3. The quantitative estimate of drug-likeness (QED) is 0.889. The Hall–Kier alpha value is -1.42. The lowest BCUT2D eigenvalue weighted by Crippen LogP contribution is -2.04. The molecule has 2 aromatic rings. The molecule has 88 valence electrons. The highest BCUT2D eigenvalue weighted by atomic mass is 79.9. The fraction of sp³-hybridized carbons (Fsp3) is 0.0769. The molecule has 0 spiro atoms. The predicted molar refractivity (Wildman–Crippen MR) is 67.8 cm³/mol. The number of halogens is 3. The molecule has 0 saturated carbocycles. The summed E-state index contributed by atoms with van der Waals surface area (Å²) in [4.78, 5) is 0. The van der Waals surface area contributed by atoms with Crippen LogP contribution in [0.25, 0.3) is 0 Å². The van der Waals surface area contributed by atoms with Gasteiger partial charge in [0.05, 0.1) is 0 Å². The molecule has 17 heavy (non-hydrogen) atoms. The first-order valence-electron chi connectivity index (χ1n) is 5.10. The van der Waals surface area contributed by atoms with E-state index in [0.717, 1.165) is 10.2 Å². The number of hydrogen-bond acceptors (Lipinski definition) is 1. The normalized spacial score (nSPS) is 10.3. The maximum Gasteiger partial charge on any atom is 0.131 e. The van der Waals surface area contributed by atoms with Crippen molar-refractivity contribution in [1.82, 2.24) is 0 Å². The molecule has 0 saturated heterocycles. The van der Waals surface area contributed by atoms with Crippen LogP contribution < -0.4 is 5.32 Å². The highest BCUT2D eigenvalue weighted by molar-refractivity contribution is 9.10. The first-order chi connectivity index (χ1) is 8.18. The van der Waals surface area contributed by atoms with E-state index in [-0.39, 0.29) is 12.1 Å². The third-order valence-electron chi connectivity index (χ3n) is 2.39.